The lowest BCUT2D eigenvalue weighted by atomic mass is 10.0. The Morgan fingerprint density at radius 1 is 1.29 bits per heavy atom. The number of aryl methyl sites for hydroxylation is 1. The van der Waals surface area contributed by atoms with Crippen LogP contribution in [0.5, 0.6) is 0 Å². The highest BCUT2D eigenvalue weighted by Gasteiger charge is 2.41. The Morgan fingerprint density at radius 2 is 2.06 bits per heavy atom. The van der Waals surface area contributed by atoms with Crippen LogP contribution in [0.3, 0.4) is 0 Å². The van der Waals surface area contributed by atoms with Crippen LogP contribution in [0.2, 0.25) is 0 Å². The Balaban J connectivity index is 1.68. The molecule has 1 aliphatic rings. The van der Waals surface area contributed by atoms with Gasteiger partial charge in [0.1, 0.15) is 5.78 Å². The molecule has 1 fully saturated rings. The molecule has 1 aromatic carbocycles. The molecule has 2 rings (SSSR count). The fourth-order valence-electron chi connectivity index (χ4n) is 2.42. The van der Waals surface area contributed by atoms with E-state index in [9.17, 15) is 4.79 Å². The molecule has 0 spiro atoms. The maximum Gasteiger partial charge on any atom is 0.136 e. The number of benzene rings is 1. The molecule has 0 saturated heterocycles. The minimum atomic E-state index is 0.352. The van der Waals surface area contributed by atoms with Gasteiger partial charge in [-0.2, -0.15) is 0 Å². The molecule has 0 bridgehead atoms. The van der Waals surface area contributed by atoms with Gasteiger partial charge in [-0.15, -0.1) is 0 Å². The summed E-state index contributed by atoms with van der Waals surface area (Å²) in [5.74, 6) is 1.43. The van der Waals surface area contributed by atoms with Crippen molar-refractivity contribution in [3.8, 4) is 0 Å². The second-order valence-electron chi connectivity index (χ2n) is 4.99. The highest BCUT2D eigenvalue weighted by Crippen LogP contribution is 2.43. The Bertz CT molecular complexity index is 360. The lowest BCUT2D eigenvalue weighted by Gasteiger charge is -2.01. The number of carbonyl (C=O) groups is 1. The first-order valence-corrected chi connectivity index (χ1v) is 6.58. The van der Waals surface area contributed by atoms with Crippen molar-refractivity contribution in [3.05, 3.63) is 35.9 Å². The summed E-state index contributed by atoms with van der Waals surface area (Å²) in [6.45, 7) is 0.632. The second-order valence-corrected chi connectivity index (χ2v) is 4.99. The quantitative estimate of drug-likeness (QED) is 0.783. The van der Waals surface area contributed by atoms with Crippen molar-refractivity contribution in [2.24, 2.45) is 17.6 Å². The number of hydrogen-bond acceptors (Lipinski definition) is 2. The molecule has 2 nitrogen and oxygen atoms in total. The van der Waals surface area contributed by atoms with Crippen molar-refractivity contribution in [1.29, 1.82) is 0 Å². The zero-order valence-corrected chi connectivity index (χ0v) is 10.3. The predicted molar refractivity (Wildman–Crippen MR) is 69.7 cm³/mol. The third-order valence-corrected chi connectivity index (χ3v) is 3.61. The van der Waals surface area contributed by atoms with Crippen molar-refractivity contribution in [2.45, 2.75) is 32.1 Å². The summed E-state index contributed by atoms with van der Waals surface area (Å²) in [4.78, 5) is 11.7. The largest absolute Gasteiger partial charge is 0.330 e. The summed E-state index contributed by atoms with van der Waals surface area (Å²) < 4.78 is 0. The van der Waals surface area contributed by atoms with E-state index in [0.29, 0.717) is 30.6 Å². The lowest BCUT2D eigenvalue weighted by Crippen LogP contribution is -2.07. The predicted octanol–water partition coefficient (Wildman–Crippen LogP) is 2.56. The molecule has 0 aromatic heterocycles. The summed E-state index contributed by atoms with van der Waals surface area (Å²) in [6, 6.07) is 10.5. The number of carbonyl (C=O) groups excluding carboxylic acids is 1. The summed E-state index contributed by atoms with van der Waals surface area (Å²) in [5.41, 5.74) is 6.80. The summed E-state index contributed by atoms with van der Waals surface area (Å²) >= 11 is 0. The summed E-state index contributed by atoms with van der Waals surface area (Å²) in [7, 11) is 0. The minimum Gasteiger partial charge on any atom is -0.330 e. The Hall–Kier alpha value is -1.15. The summed E-state index contributed by atoms with van der Waals surface area (Å²) in [5, 5.41) is 0. The van der Waals surface area contributed by atoms with Crippen molar-refractivity contribution < 1.29 is 4.79 Å². The van der Waals surface area contributed by atoms with Gasteiger partial charge in [0.2, 0.25) is 0 Å². The van der Waals surface area contributed by atoms with Gasteiger partial charge in [-0.25, -0.2) is 0 Å². The Kier molecular flexibility index (Phi) is 4.32. The molecule has 2 heteroatoms. The van der Waals surface area contributed by atoms with Crippen LogP contribution >= 0.6 is 0 Å². The SMILES string of the molecule is NCCCC(=O)C1CC1CCc1ccccc1. The zero-order chi connectivity index (χ0) is 12.1. The monoisotopic (exact) mass is 231 g/mol. The fourth-order valence-corrected chi connectivity index (χ4v) is 2.42. The van der Waals surface area contributed by atoms with Crippen molar-refractivity contribution in [2.75, 3.05) is 6.54 Å². The van der Waals surface area contributed by atoms with Crippen LogP contribution in [-0.4, -0.2) is 12.3 Å². The maximum absolute atomic E-state index is 11.7. The van der Waals surface area contributed by atoms with Crippen LogP contribution in [0.25, 0.3) is 0 Å². The molecule has 0 aliphatic heterocycles. The van der Waals surface area contributed by atoms with E-state index >= 15 is 0 Å². The van der Waals surface area contributed by atoms with Gasteiger partial charge in [0, 0.05) is 12.3 Å². The van der Waals surface area contributed by atoms with E-state index in [-0.39, 0.29) is 0 Å². The average Bonchev–Trinajstić information content (AvgIpc) is 3.14. The summed E-state index contributed by atoms with van der Waals surface area (Å²) in [6.07, 6.45) is 4.90. The van der Waals surface area contributed by atoms with Crippen molar-refractivity contribution >= 4 is 5.78 Å². The van der Waals surface area contributed by atoms with Gasteiger partial charge in [0.15, 0.2) is 0 Å². The molecule has 1 aromatic rings. The first-order valence-electron chi connectivity index (χ1n) is 6.58. The first-order chi connectivity index (χ1) is 8.31. The normalized spacial score (nSPS) is 22.4. The minimum absolute atomic E-state index is 0.352. The number of rotatable bonds is 7. The van der Waals surface area contributed by atoms with E-state index in [1.165, 1.54) is 5.56 Å². The van der Waals surface area contributed by atoms with Gasteiger partial charge < -0.3 is 5.73 Å². The first kappa shape index (κ1) is 12.3. The number of ketones is 1. The number of nitrogens with two attached hydrogens (primary N) is 1. The van der Waals surface area contributed by atoms with Gasteiger partial charge in [0.25, 0.3) is 0 Å². The van der Waals surface area contributed by atoms with Crippen LogP contribution in [0.4, 0.5) is 0 Å². The molecular weight excluding hydrogens is 210 g/mol. The number of Topliss-reactive ketones (excluding diaryl/α,β-unsaturated/α-hetero) is 1. The highest BCUT2D eigenvalue weighted by molar-refractivity contribution is 5.83. The van der Waals surface area contributed by atoms with Gasteiger partial charge in [-0.3, -0.25) is 4.79 Å². The molecule has 0 amide bonds. The molecule has 2 atom stereocenters. The van der Waals surface area contributed by atoms with E-state index in [0.717, 1.165) is 25.7 Å². The highest BCUT2D eigenvalue weighted by atomic mass is 16.1. The molecular formula is C15H21NO. The van der Waals surface area contributed by atoms with Crippen LogP contribution in [0, 0.1) is 11.8 Å². The van der Waals surface area contributed by atoms with Gasteiger partial charge in [-0.1, -0.05) is 30.3 Å². The van der Waals surface area contributed by atoms with Crippen LogP contribution < -0.4 is 5.73 Å². The molecule has 2 unspecified atom stereocenters. The average molecular weight is 231 g/mol. The third kappa shape index (κ3) is 3.67. The number of hydrogen-bond donors (Lipinski definition) is 1. The zero-order valence-electron chi connectivity index (χ0n) is 10.3. The van der Waals surface area contributed by atoms with Crippen LogP contribution in [0.1, 0.15) is 31.2 Å². The van der Waals surface area contributed by atoms with E-state index < -0.39 is 0 Å². The van der Waals surface area contributed by atoms with Gasteiger partial charge in [0.05, 0.1) is 0 Å². The van der Waals surface area contributed by atoms with Crippen LogP contribution in [0.15, 0.2) is 30.3 Å². The third-order valence-electron chi connectivity index (χ3n) is 3.61. The topological polar surface area (TPSA) is 43.1 Å². The molecule has 1 saturated carbocycles. The fraction of sp³-hybridized carbons (Fsp3) is 0.533. The van der Waals surface area contributed by atoms with E-state index in [2.05, 4.69) is 24.3 Å². The maximum atomic E-state index is 11.7. The van der Waals surface area contributed by atoms with Gasteiger partial charge >= 0.3 is 0 Å². The molecule has 92 valence electrons. The lowest BCUT2D eigenvalue weighted by molar-refractivity contribution is -0.120. The Morgan fingerprint density at radius 3 is 2.76 bits per heavy atom. The second kappa shape index (κ2) is 5.97. The van der Waals surface area contributed by atoms with Gasteiger partial charge in [-0.05, 0) is 43.7 Å². The Labute approximate surface area is 103 Å². The molecule has 0 radical (unpaired) electrons. The van der Waals surface area contributed by atoms with Crippen molar-refractivity contribution in [1.82, 2.24) is 0 Å². The molecule has 0 heterocycles. The van der Waals surface area contributed by atoms with Crippen molar-refractivity contribution in [3.63, 3.8) is 0 Å². The van der Waals surface area contributed by atoms with E-state index in [4.69, 9.17) is 5.73 Å². The standard InChI is InChI=1S/C15H21NO/c16-10-4-7-15(17)14-11-13(14)9-8-12-5-2-1-3-6-12/h1-3,5-6,13-14H,4,7-11,16H2. The molecule has 1 aliphatic carbocycles. The van der Waals surface area contributed by atoms with E-state index in [1.807, 2.05) is 6.07 Å². The van der Waals surface area contributed by atoms with E-state index in [1.54, 1.807) is 0 Å². The smallest absolute Gasteiger partial charge is 0.136 e. The molecule has 2 N–H and O–H groups in total. The molecule has 17 heavy (non-hydrogen) atoms. The van der Waals surface area contributed by atoms with Crippen LogP contribution in [-0.2, 0) is 11.2 Å².